The molecule has 3 heterocycles. The lowest BCUT2D eigenvalue weighted by Crippen LogP contribution is -2.41. The van der Waals surface area contributed by atoms with Gasteiger partial charge in [-0.25, -0.2) is 9.59 Å². The number of carbonyl (C=O) groups excluding carboxylic acids is 2. The molecule has 11 nitrogen and oxygen atoms in total. The van der Waals surface area contributed by atoms with Crippen LogP contribution in [0.25, 0.3) is 0 Å². The largest absolute Gasteiger partial charge is 0.534 e. The molecule has 3 aliphatic rings. The molecular weight excluding hydrogens is 572 g/mol. The molecule has 234 valence electrons. The molecular formula is C25H40BF3N2O9S. The smallest absolute Gasteiger partial charge is 0.444 e. The Labute approximate surface area is 240 Å². The van der Waals surface area contributed by atoms with Gasteiger partial charge in [-0.05, 0) is 80.8 Å². The predicted octanol–water partition coefficient (Wildman–Crippen LogP) is 4.78. The van der Waals surface area contributed by atoms with E-state index in [1.807, 2.05) is 54.5 Å². The Morgan fingerprint density at radius 1 is 0.829 bits per heavy atom. The van der Waals surface area contributed by atoms with Gasteiger partial charge in [0.25, 0.3) is 0 Å². The molecule has 3 aliphatic heterocycles. The Balaban J connectivity index is 0.000000287. The van der Waals surface area contributed by atoms with Crippen molar-refractivity contribution in [3.05, 3.63) is 23.4 Å². The SMILES string of the molecule is CC(C)(C)OC(=O)N1CC=C(B2OC(C)(C)C(C)(C)O2)C1.CC(C)(C)OC(=O)N1CC=C(OS(=O)(=O)C(F)(F)F)C1. The van der Waals surface area contributed by atoms with Crippen LogP contribution in [-0.2, 0) is 33.1 Å². The lowest BCUT2D eigenvalue weighted by molar-refractivity contribution is -0.0523. The number of amides is 2. The Bertz CT molecular complexity index is 1150. The van der Waals surface area contributed by atoms with Crippen molar-refractivity contribution in [1.82, 2.24) is 9.80 Å². The Kier molecular flexibility index (Phi) is 9.89. The summed E-state index contributed by atoms with van der Waals surface area (Å²) in [6.45, 7) is 19.1. The van der Waals surface area contributed by atoms with E-state index < -0.39 is 45.2 Å². The highest BCUT2D eigenvalue weighted by atomic mass is 32.2. The highest BCUT2D eigenvalue weighted by Gasteiger charge is 2.53. The Hall–Kier alpha value is -2.46. The van der Waals surface area contributed by atoms with Crippen LogP contribution in [0.3, 0.4) is 0 Å². The van der Waals surface area contributed by atoms with E-state index in [0.717, 1.165) is 16.4 Å². The summed E-state index contributed by atoms with van der Waals surface area (Å²) in [6.07, 6.45) is 2.00. The first-order valence-electron chi connectivity index (χ1n) is 12.9. The molecule has 41 heavy (non-hydrogen) atoms. The van der Waals surface area contributed by atoms with Crippen molar-refractivity contribution in [3.63, 3.8) is 0 Å². The molecule has 0 aromatic carbocycles. The molecule has 0 bridgehead atoms. The fraction of sp³-hybridized carbons (Fsp3) is 0.760. The summed E-state index contributed by atoms with van der Waals surface area (Å²) in [5.41, 5.74) is -6.49. The summed E-state index contributed by atoms with van der Waals surface area (Å²) in [6, 6.07) is 0. The normalized spacial score (nSPS) is 20.7. The van der Waals surface area contributed by atoms with E-state index in [-0.39, 0.29) is 31.0 Å². The zero-order valence-electron chi connectivity index (χ0n) is 25.2. The molecule has 3 rings (SSSR count). The number of ether oxygens (including phenoxy) is 2. The standard InChI is InChI=1S/C15H26BNO4.C10H14F3NO5S/c1-13(2,3)19-12(18)17-9-8-11(10-17)16-20-14(4,5)15(6,7)21-16;1-9(2,3)18-8(15)14-5-4-7(6-14)19-20(16,17)10(11,12)13/h8H,9-10H2,1-7H3;4H,5-6H2,1-3H3. The van der Waals surface area contributed by atoms with Crippen molar-refractivity contribution >= 4 is 29.4 Å². The number of carbonyl (C=O) groups is 2. The van der Waals surface area contributed by atoms with Gasteiger partial charge < -0.3 is 27.9 Å². The van der Waals surface area contributed by atoms with Crippen molar-refractivity contribution in [1.29, 1.82) is 0 Å². The van der Waals surface area contributed by atoms with Gasteiger partial charge in [-0.1, -0.05) is 6.08 Å². The Morgan fingerprint density at radius 2 is 1.24 bits per heavy atom. The lowest BCUT2D eigenvalue weighted by Gasteiger charge is -2.32. The first kappa shape index (κ1) is 34.7. The summed E-state index contributed by atoms with van der Waals surface area (Å²) in [7, 11) is -6.10. The molecule has 0 aliphatic carbocycles. The van der Waals surface area contributed by atoms with Gasteiger partial charge in [0.15, 0.2) is 0 Å². The van der Waals surface area contributed by atoms with Crippen molar-refractivity contribution < 1.29 is 54.1 Å². The van der Waals surface area contributed by atoms with E-state index in [1.165, 1.54) is 0 Å². The third kappa shape index (κ3) is 9.53. The molecule has 0 saturated carbocycles. The second-order valence-electron chi connectivity index (χ2n) is 12.7. The molecule has 0 N–H and O–H groups in total. The number of hydrogen-bond acceptors (Lipinski definition) is 9. The quantitative estimate of drug-likeness (QED) is 0.252. The van der Waals surface area contributed by atoms with E-state index in [1.54, 1.807) is 25.7 Å². The monoisotopic (exact) mass is 612 g/mol. The van der Waals surface area contributed by atoms with E-state index in [4.69, 9.17) is 18.8 Å². The molecule has 16 heteroatoms. The topological polar surface area (TPSA) is 121 Å². The van der Waals surface area contributed by atoms with Gasteiger partial charge in [-0.15, -0.1) is 0 Å². The molecule has 0 aromatic heterocycles. The van der Waals surface area contributed by atoms with Crippen LogP contribution in [0.2, 0.25) is 0 Å². The van der Waals surface area contributed by atoms with E-state index in [9.17, 15) is 31.2 Å². The molecule has 0 radical (unpaired) electrons. The molecule has 2 amide bonds. The summed E-state index contributed by atoms with van der Waals surface area (Å²) < 4.78 is 84.3. The fourth-order valence-electron chi connectivity index (χ4n) is 3.45. The number of rotatable bonds is 3. The second kappa shape index (κ2) is 11.7. The second-order valence-corrected chi connectivity index (χ2v) is 14.3. The third-order valence-corrected chi connectivity index (χ3v) is 7.19. The van der Waals surface area contributed by atoms with Crippen LogP contribution in [0.5, 0.6) is 0 Å². The summed E-state index contributed by atoms with van der Waals surface area (Å²) in [5.74, 6) is -0.465. The van der Waals surface area contributed by atoms with Gasteiger partial charge in [-0.3, -0.25) is 4.90 Å². The first-order chi connectivity index (χ1) is 18.2. The van der Waals surface area contributed by atoms with Gasteiger partial charge in [0, 0.05) is 19.6 Å². The molecule has 0 atom stereocenters. The van der Waals surface area contributed by atoms with Crippen molar-refractivity contribution in [3.8, 4) is 0 Å². The maximum atomic E-state index is 12.1. The van der Waals surface area contributed by atoms with Crippen LogP contribution in [0.4, 0.5) is 22.8 Å². The van der Waals surface area contributed by atoms with Crippen molar-refractivity contribution in [2.24, 2.45) is 0 Å². The van der Waals surface area contributed by atoms with Gasteiger partial charge in [0.2, 0.25) is 0 Å². The van der Waals surface area contributed by atoms with E-state index in [2.05, 4.69) is 4.18 Å². The predicted molar refractivity (Wildman–Crippen MR) is 144 cm³/mol. The zero-order chi connectivity index (χ0) is 31.8. The summed E-state index contributed by atoms with van der Waals surface area (Å²) in [4.78, 5) is 26.4. The van der Waals surface area contributed by atoms with Crippen LogP contribution >= 0.6 is 0 Å². The highest BCUT2D eigenvalue weighted by Crippen LogP contribution is 2.39. The van der Waals surface area contributed by atoms with E-state index in [0.29, 0.717) is 13.1 Å². The van der Waals surface area contributed by atoms with Gasteiger partial charge >= 0.3 is 34.9 Å². The minimum Gasteiger partial charge on any atom is -0.444 e. The van der Waals surface area contributed by atoms with Gasteiger partial charge in [-0.2, -0.15) is 21.6 Å². The third-order valence-electron chi connectivity index (χ3n) is 6.19. The minimum absolute atomic E-state index is 0.0857. The molecule has 1 fully saturated rings. The van der Waals surface area contributed by atoms with E-state index >= 15 is 0 Å². The van der Waals surface area contributed by atoms with Crippen LogP contribution in [0.15, 0.2) is 23.4 Å². The minimum atomic E-state index is -5.71. The first-order valence-corrected chi connectivity index (χ1v) is 14.3. The number of halogens is 3. The van der Waals surface area contributed by atoms with Crippen LogP contribution in [0, 0.1) is 0 Å². The number of hydrogen-bond donors (Lipinski definition) is 0. The maximum Gasteiger partial charge on any atom is 0.534 e. The zero-order valence-corrected chi connectivity index (χ0v) is 26.0. The van der Waals surface area contributed by atoms with Gasteiger partial charge in [0.05, 0.1) is 17.7 Å². The Morgan fingerprint density at radius 3 is 1.66 bits per heavy atom. The average Bonchev–Trinajstić information content (AvgIpc) is 3.43. The lowest BCUT2D eigenvalue weighted by atomic mass is 9.79. The maximum absolute atomic E-state index is 12.1. The molecule has 0 unspecified atom stereocenters. The highest BCUT2D eigenvalue weighted by molar-refractivity contribution is 7.87. The summed E-state index contributed by atoms with van der Waals surface area (Å²) >= 11 is 0. The summed E-state index contributed by atoms with van der Waals surface area (Å²) in [5, 5.41) is 0. The number of nitrogens with zero attached hydrogens (tertiary/aromatic N) is 2. The van der Waals surface area contributed by atoms with Crippen molar-refractivity contribution in [2.45, 2.75) is 97.1 Å². The van der Waals surface area contributed by atoms with Crippen molar-refractivity contribution in [2.75, 3.05) is 26.2 Å². The van der Waals surface area contributed by atoms with Crippen LogP contribution < -0.4 is 0 Å². The molecule has 0 aromatic rings. The molecule has 0 spiro atoms. The van der Waals surface area contributed by atoms with Gasteiger partial charge in [0.1, 0.15) is 17.0 Å². The fourth-order valence-corrected chi connectivity index (χ4v) is 3.95. The number of alkyl halides is 3. The molecule has 1 saturated heterocycles. The van der Waals surface area contributed by atoms with Crippen LogP contribution in [0.1, 0.15) is 69.2 Å². The van der Waals surface area contributed by atoms with Crippen LogP contribution in [-0.4, -0.2) is 91.6 Å². The average molecular weight is 612 g/mol.